The summed E-state index contributed by atoms with van der Waals surface area (Å²) >= 11 is 0. The molecule has 140 valence electrons. The zero-order valence-corrected chi connectivity index (χ0v) is 15.5. The number of carbonyl (C=O) groups is 2. The third-order valence-corrected chi connectivity index (χ3v) is 7.19. The van der Waals surface area contributed by atoms with E-state index in [0.717, 1.165) is 37.1 Å². The predicted molar refractivity (Wildman–Crippen MR) is 94.9 cm³/mol. The standard InChI is InChI=1S/C20H32N2O3/c1-2-25-19(24)22-5-3-17(4-6-22)18(23)21-13-20-10-14-7-15(11-20)9-16(8-14)12-20/h14-17H,2-13H2,1H3,(H,21,23). The fraction of sp³-hybridized carbons (Fsp3) is 0.900. The molecule has 1 heterocycles. The number of amides is 2. The fourth-order valence-corrected chi connectivity index (χ4v) is 6.46. The Balaban J connectivity index is 1.25. The highest BCUT2D eigenvalue weighted by molar-refractivity contribution is 5.79. The molecule has 5 heteroatoms. The Kier molecular flexibility index (Phi) is 4.67. The van der Waals surface area contributed by atoms with Crippen LogP contribution in [-0.2, 0) is 9.53 Å². The van der Waals surface area contributed by atoms with E-state index in [1.165, 1.54) is 38.5 Å². The number of likely N-dealkylation sites (tertiary alicyclic amines) is 1. The van der Waals surface area contributed by atoms with Crippen LogP contribution < -0.4 is 5.32 Å². The zero-order chi connectivity index (χ0) is 17.4. The Morgan fingerprint density at radius 1 is 1.04 bits per heavy atom. The first kappa shape index (κ1) is 17.2. The number of ether oxygens (including phenoxy) is 1. The summed E-state index contributed by atoms with van der Waals surface area (Å²) in [6, 6.07) is 0. The number of piperidine rings is 1. The van der Waals surface area contributed by atoms with Gasteiger partial charge in [0, 0.05) is 25.6 Å². The summed E-state index contributed by atoms with van der Waals surface area (Å²) in [6.07, 6.45) is 9.60. The largest absolute Gasteiger partial charge is 0.450 e. The van der Waals surface area contributed by atoms with Crippen molar-refractivity contribution in [3.05, 3.63) is 0 Å². The van der Waals surface area contributed by atoms with Crippen LogP contribution in [0.1, 0.15) is 58.3 Å². The molecule has 0 aromatic carbocycles. The molecule has 0 aromatic rings. The van der Waals surface area contributed by atoms with Crippen LogP contribution in [-0.4, -0.2) is 43.1 Å². The van der Waals surface area contributed by atoms with Crippen molar-refractivity contribution in [3.8, 4) is 0 Å². The molecule has 0 atom stereocenters. The van der Waals surface area contributed by atoms with Crippen molar-refractivity contribution in [2.24, 2.45) is 29.1 Å². The second-order valence-corrected chi connectivity index (χ2v) is 9.10. The molecule has 5 fully saturated rings. The summed E-state index contributed by atoms with van der Waals surface area (Å²) in [5, 5.41) is 3.30. The van der Waals surface area contributed by atoms with Crippen LogP contribution in [0.3, 0.4) is 0 Å². The van der Waals surface area contributed by atoms with Gasteiger partial charge in [0.2, 0.25) is 5.91 Å². The van der Waals surface area contributed by atoms with Gasteiger partial charge in [-0.1, -0.05) is 0 Å². The van der Waals surface area contributed by atoms with Gasteiger partial charge >= 0.3 is 6.09 Å². The lowest BCUT2D eigenvalue weighted by Crippen LogP contribution is -2.52. The molecule has 5 rings (SSSR count). The van der Waals surface area contributed by atoms with E-state index >= 15 is 0 Å². The first-order valence-corrected chi connectivity index (χ1v) is 10.3. The third kappa shape index (κ3) is 3.52. The molecule has 4 aliphatic carbocycles. The molecule has 25 heavy (non-hydrogen) atoms. The van der Waals surface area contributed by atoms with Gasteiger partial charge in [0.1, 0.15) is 0 Å². The summed E-state index contributed by atoms with van der Waals surface area (Å²) in [4.78, 5) is 26.1. The Bertz CT molecular complexity index is 490. The summed E-state index contributed by atoms with van der Waals surface area (Å²) in [5.41, 5.74) is 0.399. The van der Waals surface area contributed by atoms with Crippen LogP contribution in [0.4, 0.5) is 4.79 Å². The van der Waals surface area contributed by atoms with E-state index in [1.54, 1.807) is 4.90 Å². The smallest absolute Gasteiger partial charge is 0.409 e. The first-order valence-electron chi connectivity index (χ1n) is 10.3. The number of hydrogen-bond donors (Lipinski definition) is 1. The van der Waals surface area contributed by atoms with Crippen LogP contribution in [0.5, 0.6) is 0 Å². The minimum Gasteiger partial charge on any atom is -0.450 e. The van der Waals surface area contributed by atoms with Crippen LogP contribution in [0, 0.1) is 29.1 Å². The van der Waals surface area contributed by atoms with E-state index in [0.29, 0.717) is 25.1 Å². The summed E-state index contributed by atoms with van der Waals surface area (Å²) in [7, 11) is 0. The predicted octanol–water partition coefficient (Wildman–Crippen LogP) is 3.19. The normalized spacial score (nSPS) is 37.2. The van der Waals surface area contributed by atoms with Crippen LogP contribution in [0.2, 0.25) is 0 Å². The Labute approximate surface area is 150 Å². The number of nitrogens with one attached hydrogen (secondary N) is 1. The lowest BCUT2D eigenvalue weighted by Gasteiger charge is -2.57. The van der Waals surface area contributed by atoms with Crippen LogP contribution in [0.25, 0.3) is 0 Å². The molecule has 4 saturated carbocycles. The van der Waals surface area contributed by atoms with Gasteiger partial charge in [0.05, 0.1) is 6.61 Å². The van der Waals surface area contributed by atoms with Gasteiger partial charge in [-0.25, -0.2) is 4.79 Å². The second-order valence-electron chi connectivity index (χ2n) is 9.10. The van der Waals surface area contributed by atoms with Crippen molar-refractivity contribution < 1.29 is 14.3 Å². The number of hydrogen-bond acceptors (Lipinski definition) is 3. The maximum absolute atomic E-state index is 12.6. The second kappa shape index (κ2) is 6.81. The minimum atomic E-state index is -0.241. The van der Waals surface area contributed by atoms with E-state index in [2.05, 4.69) is 5.32 Å². The van der Waals surface area contributed by atoms with Crippen LogP contribution >= 0.6 is 0 Å². The number of carbonyl (C=O) groups excluding carboxylic acids is 2. The average molecular weight is 348 g/mol. The van der Waals surface area contributed by atoms with Crippen molar-refractivity contribution >= 4 is 12.0 Å². The van der Waals surface area contributed by atoms with Gasteiger partial charge in [0.25, 0.3) is 0 Å². The maximum Gasteiger partial charge on any atom is 0.409 e. The van der Waals surface area contributed by atoms with Crippen molar-refractivity contribution in [1.82, 2.24) is 10.2 Å². The Morgan fingerprint density at radius 2 is 1.60 bits per heavy atom. The highest BCUT2D eigenvalue weighted by Crippen LogP contribution is 2.59. The molecule has 5 nitrogen and oxygen atoms in total. The molecule has 1 aliphatic heterocycles. The lowest BCUT2D eigenvalue weighted by molar-refractivity contribution is -0.128. The summed E-state index contributed by atoms with van der Waals surface area (Å²) in [5.74, 6) is 3.04. The van der Waals surface area contributed by atoms with Crippen molar-refractivity contribution in [1.29, 1.82) is 0 Å². The molecule has 0 aromatic heterocycles. The lowest BCUT2D eigenvalue weighted by atomic mass is 9.49. The molecule has 2 amide bonds. The number of nitrogens with zero attached hydrogens (tertiary/aromatic N) is 1. The molecule has 0 spiro atoms. The minimum absolute atomic E-state index is 0.0552. The van der Waals surface area contributed by atoms with Gasteiger partial charge in [-0.15, -0.1) is 0 Å². The monoisotopic (exact) mass is 348 g/mol. The van der Waals surface area contributed by atoms with E-state index in [9.17, 15) is 9.59 Å². The van der Waals surface area contributed by atoms with Gasteiger partial charge < -0.3 is 15.0 Å². The molecule has 1 N–H and O–H groups in total. The molecule has 4 bridgehead atoms. The van der Waals surface area contributed by atoms with E-state index in [1.807, 2.05) is 6.92 Å². The molecule has 0 unspecified atom stereocenters. The van der Waals surface area contributed by atoms with Crippen LogP contribution in [0.15, 0.2) is 0 Å². The number of rotatable bonds is 4. The van der Waals surface area contributed by atoms with E-state index in [4.69, 9.17) is 4.74 Å². The van der Waals surface area contributed by atoms with Gasteiger partial charge in [-0.3, -0.25) is 4.79 Å². The van der Waals surface area contributed by atoms with Crippen molar-refractivity contribution in [2.75, 3.05) is 26.2 Å². The maximum atomic E-state index is 12.6. The highest BCUT2D eigenvalue weighted by atomic mass is 16.6. The van der Waals surface area contributed by atoms with E-state index < -0.39 is 0 Å². The Morgan fingerprint density at radius 3 is 2.12 bits per heavy atom. The first-order chi connectivity index (χ1) is 12.1. The fourth-order valence-electron chi connectivity index (χ4n) is 6.46. The third-order valence-electron chi connectivity index (χ3n) is 7.19. The van der Waals surface area contributed by atoms with Gasteiger partial charge in [-0.05, 0) is 81.5 Å². The summed E-state index contributed by atoms with van der Waals surface area (Å²) < 4.78 is 5.05. The SMILES string of the molecule is CCOC(=O)N1CCC(C(=O)NCC23CC4CC(CC(C4)C2)C3)CC1. The van der Waals surface area contributed by atoms with Gasteiger partial charge in [0.15, 0.2) is 0 Å². The topological polar surface area (TPSA) is 58.6 Å². The van der Waals surface area contributed by atoms with E-state index in [-0.39, 0.29) is 17.9 Å². The molecule has 1 saturated heterocycles. The molecular formula is C20H32N2O3. The summed E-state index contributed by atoms with van der Waals surface area (Å²) in [6.45, 7) is 4.38. The molecular weight excluding hydrogens is 316 g/mol. The molecule has 5 aliphatic rings. The zero-order valence-electron chi connectivity index (χ0n) is 15.5. The Hall–Kier alpha value is -1.26. The van der Waals surface area contributed by atoms with Crippen molar-refractivity contribution in [3.63, 3.8) is 0 Å². The van der Waals surface area contributed by atoms with Crippen molar-refractivity contribution in [2.45, 2.75) is 58.3 Å². The van der Waals surface area contributed by atoms with Gasteiger partial charge in [-0.2, -0.15) is 0 Å². The average Bonchev–Trinajstić information content (AvgIpc) is 2.59. The molecule has 0 radical (unpaired) electrons. The highest BCUT2D eigenvalue weighted by Gasteiger charge is 2.50. The quantitative estimate of drug-likeness (QED) is 0.849.